The highest BCUT2D eigenvalue weighted by atomic mass is 16.2. The fraction of sp³-hybridized carbons (Fsp3) is 0.364. The van der Waals surface area contributed by atoms with Gasteiger partial charge in [-0.1, -0.05) is 55.3 Å². The van der Waals surface area contributed by atoms with Gasteiger partial charge < -0.3 is 5.32 Å². The molecule has 5 heteroatoms. The number of carbonyl (C=O) groups is 2. The van der Waals surface area contributed by atoms with Crippen molar-refractivity contribution in [3.05, 3.63) is 65.7 Å². The molecule has 1 aliphatic heterocycles. The number of fused-ring (bicyclic) bond motifs is 1. The first-order valence-electron chi connectivity index (χ1n) is 9.70. The summed E-state index contributed by atoms with van der Waals surface area (Å²) in [7, 11) is 0. The van der Waals surface area contributed by atoms with Crippen molar-refractivity contribution in [2.75, 3.05) is 5.32 Å². The number of nitrogens with one attached hydrogen (secondary N) is 3. The monoisotopic (exact) mass is 363 g/mol. The van der Waals surface area contributed by atoms with Crippen LogP contribution in [-0.2, 0) is 16.0 Å². The molecule has 2 aliphatic rings. The number of para-hydroxylation sites is 1. The molecule has 0 radical (unpaired) electrons. The first kappa shape index (κ1) is 17.7. The van der Waals surface area contributed by atoms with Crippen LogP contribution in [-0.4, -0.2) is 11.8 Å². The summed E-state index contributed by atoms with van der Waals surface area (Å²) >= 11 is 0. The lowest BCUT2D eigenvalue weighted by atomic mass is 9.72. The van der Waals surface area contributed by atoms with Crippen LogP contribution in [0.3, 0.4) is 0 Å². The first-order chi connectivity index (χ1) is 13.2. The second kappa shape index (κ2) is 7.92. The molecule has 0 spiro atoms. The maximum Gasteiger partial charge on any atom is 0.237 e. The molecule has 3 N–H and O–H groups in total. The predicted molar refractivity (Wildman–Crippen MR) is 105 cm³/mol. The number of carbonyl (C=O) groups excluding carboxylic acids is 2. The number of rotatable bonds is 4. The Bertz CT molecular complexity index is 804. The van der Waals surface area contributed by atoms with E-state index in [9.17, 15) is 9.59 Å². The summed E-state index contributed by atoms with van der Waals surface area (Å²) in [6, 6.07) is 17.8. The van der Waals surface area contributed by atoms with Gasteiger partial charge in [-0.3, -0.25) is 15.0 Å². The molecule has 4 rings (SSSR count). The van der Waals surface area contributed by atoms with E-state index in [2.05, 4.69) is 28.3 Å². The average Bonchev–Trinajstić information content (AvgIpc) is 2.70. The molecule has 2 amide bonds. The zero-order chi connectivity index (χ0) is 18.6. The van der Waals surface area contributed by atoms with E-state index < -0.39 is 0 Å². The van der Waals surface area contributed by atoms with Crippen LogP contribution in [0.4, 0.5) is 5.69 Å². The largest absolute Gasteiger partial charge is 0.326 e. The maximum absolute atomic E-state index is 12.2. The van der Waals surface area contributed by atoms with Gasteiger partial charge >= 0.3 is 0 Å². The average molecular weight is 363 g/mol. The highest BCUT2D eigenvalue weighted by Gasteiger charge is 2.40. The standard InChI is InChI=1S/C22H25N3O2/c26-20(23-17-6-2-1-3-7-17)14-15-10-12-16(13-11-15)21-18-8-4-5-9-19(18)22(27)25-24-21/h1-3,6-7,10-13,18-19,21,24H,4-5,8-9,14H2,(H,23,26)(H,25,27). The van der Waals surface area contributed by atoms with E-state index in [1.807, 2.05) is 42.5 Å². The SMILES string of the molecule is O=C(Cc1ccc(C2NNC(=O)C3CCCCC32)cc1)Nc1ccccc1. The smallest absolute Gasteiger partial charge is 0.237 e. The second-order valence-corrected chi connectivity index (χ2v) is 7.50. The van der Waals surface area contributed by atoms with Crippen molar-refractivity contribution < 1.29 is 9.59 Å². The molecule has 27 heavy (non-hydrogen) atoms. The van der Waals surface area contributed by atoms with E-state index in [0.717, 1.165) is 30.5 Å². The summed E-state index contributed by atoms with van der Waals surface area (Å²) in [6.45, 7) is 0. The van der Waals surface area contributed by atoms with Gasteiger partial charge in [-0.15, -0.1) is 0 Å². The molecule has 3 atom stereocenters. The van der Waals surface area contributed by atoms with Crippen molar-refractivity contribution in [1.82, 2.24) is 10.9 Å². The summed E-state index contributed by atoms with van der Waals surface area (Å²) in [5, 5.41) is 2.91. The van der Waals surface area contributed by atoms with Crippen LogP contribution in [0.15, 0.2) is 54.6 Å². The number of hydrogen-bond donors (Lipinski definition) is 3. The van der Waals surface area contributed by atoms with Gasteiger partial charge in [0, 0.05) is 11.6 Å². The maximum atomic E-state index is 12.2. The van der Waals surface area contributed by atoms with E-state index in [4.69, 9.17) is 0 Å². The van der Waals surface area contributed by atoms with Crippen LogP contribution in [0, 0.1) is 11.8 Å². The Morgan fingerprint density at radius 3 is 2.52 bits per heavy atom. The molecule has 3 unspecified atom stereocenters. The zero-order valence-corrected chi connectivity index (χ0v) is 15.3. The minimum atomic E-state index is -0.0238. The van der Waals surface area contributed by atoms with E-state index in [1.54, 1.807) is 0 Å². The lowest BCUT2D eigenvalue weighted by Gasteiger charge is -2.41. The number of anilines is 1. The van der Waals surface area contributed by atoms with Crippen molar-refractivity contribution in [1.29, 1.82) is 0 Å². The van der Waals surface area contributed by atoms with Crippen LogP contribution < -0.4 is 16.2 Å². The van der Waals surface area contributed by atoms with E-state index >= 15 is 0 Å². The summed E-state index contributed by atoms with van der Waals surface area (Å²) in [4.78, 5) is 24.3. The van der Waals surface area contributed by atoms with Crippen molar-refractivity contribution in [3.8, 4) is 0 Å². The summed E-state index contributed by atoms with van der Waals surface area (Å²) in [5.41, 5.74) is 9.00. The highest BCUT2D eigenvalue weighted by molar-refractivity contribution is 5.92. The minimum Gasteiger partial charge on any atom is -0.326 e. The lowest BCUT2D eigenvalue weighted by Crippen LogP contribution is -2.55. The van der Waals surface area contributed by atoms with Crippen LogP contribution in [0.5, 0.6) is 0 Å². The van der Waals surface area contributed by atoms with Gasteiger partial charge in [0.05, 0.1) is 12.5 Å². The van der Waals surface area contributed by atoms with E-state index in [-0.39, 0.29) is 23.8 Å². The van der Waals surface area contributed by atoms with Crippen LogP contribution in [0.25, 0.3) is 0 Å². The molecule has 1 heterocycles. The van der Waals surface area contributed by atoms with Gasteiger partial charge in [-0.2, -0.15) is 0 Å². The van der Waals surface area contributed by atoms with Crippen molar-refractivity contribution in [3.63, 3.8) is 0 Å². The van der Waals surface area contributed by atoms with Gasteiger partial charge in [0.15, 0.2) is 0 Å². The quantitative estimate of drug-likeness (QED) is 0.780. The third kappa shape index (κ3) is 4.03. The molecule has 1 saturated heterocycles. The molecule has 0 aromatic heterocycles. The van der Waals surface area contributed by atoms with E-state index in [1.165, 1.54) is 12.0 Å². The normalized spacial score (nSPS) is 24.6. The van der Waals surface area contributed by atoms with E-state index in [0.29, 0.717) is 12.3 Å². The summed E-state index contributed by atoms with van der Waals surface area (Å²) in [6.07, 6.45) is 4.72. The Morgan fingerprint density at radius 2 is 1.74 bits per heavy atom. The molecule has 0 bridgehead atoms. The molecule has 1 saturated carbocycles. The highest BCUT2D eigenvalue weighted by Crippen LogP contribution is 2.40. The van der Waals surface area contributed by atoms with Gasteiger partial charge in [-0.25, -0.2) is 5.43 Å². The van der Waals surface area contributed by atoms with Crippen molar-refractivity contribution >= 4 is 17.5 Å². The summed E-state index contributed by atoms with van der Waals surface area (Å²) in [5.74, 6) is 0.565. The number of amides is 2. The Kier molecular flexibility index (Phi) is 5.21. The van der Waals surface area contributed by atoms with Crippen LogP contribution in [0.1, 0.15) is 42.9 Å². The molecule has 1 aliphatic carbocycles. The van der Waals surface area contributed by atoms with Gasteiger partial charge in [-0.05, 0) is 42.0 Å². The zero-order valence-electron chi connectivity index (χ0n) is 15.3. The first-order valence-corrected chi connectivity index (χ1v) is 9.70. The topological polar surface area (TPSA) is 70.2 Å². The molecule has 5 nitrogen and oxygen atoms in total. The predicted octanol–water partition coefficient (Wildman–Crippen LogP) is 3.35. The minimum absolute atomic E-state index is 0.0238. The summed E-state index contributed by atoms with van der Waals surface area (Å²) < 4.78 is 0. The number of hydrogen-bond acceptors (Lipinski definition) is 3. The molecule has 140 valence electrons. The number of hydrazine groups is 1. The number of benzene rings is 2. The third-order valence-corrected chi connectivity index (χ3v) is 5.70. The Labute approximate surface area is 159 Å². The fourth-order valence-corrected chi connectivity index (χ4v) is 4.32. The van der Waals surface area contributed by atoms with Crippen molar-refractivity contribution in [2.45, 2.75) is 38.1 Å². The molecular weight excluding hydrogens is 338 g/mol. The second-order valence-electron chi connectivity index (χ2n) is 7.50. The Morgan fingerprint density at radius 1 is 1.00 bits per heavy atom. The van der Waals surface area contributed by atoms with Crippen LogP contribution in [0.2, 0.25) is 0 Å². The molecule has 2 aromatic rings. The third-order valence-electron chi connectivity index (χ3n) is 5.70. The van der Waals surface area contributed by atoms with Gasteiger partial charge in [0.1, 0.15) is 0 Å². The van der Waals surface area contributed by atoms with Gasteiger partial charge in [0.2, 0.25) is 11.8 Å². The molecule has 2 aromatic carbocycles. The van der Waals surface area contributed by atoms with Crippen LogP contribution >= 0.6 is 0 Å². The molecular formula is C22H25N3O2. The molecule has 2 fully saturated rings. The Hall–Kier alpha value is -2.66. The van der Waals surface area contributed by atoms with Gasteiger partial charge in [0.25, 0.3) is 0 Å². The van der Waals surface area contributed by atoms with Crippen molar-refractivity contribution in [2.24, 2.45) is 11.8 Å². The fourth-order valence-electron chi connectivity index (χ4n) is 4.32. The Balaban J connectivity index is 1.41. The lowest BCUT2D eigenvalue weighted by molar-refractivity contribution is -0.133.